The molecule has 0 unspecified atom stereocenters. The summed E-state index contributed by atoms with van der Waals surface area (Å²) in [5, 5.41) is 13.2. The summed E-state index contributed by atoms with van der Waals surface area (Å²) >= 11 is 3.12. The minimum atomic E-state index is -1.09. The molecule has 2 aromatic rings. The molecule has 0 saturated carbocycles. The number of carbonyl (C=O) groups is 1. The first kappa shape index (κ1) is 15.4. The number of aryl methyl sites for hydroxylation is 1. The predicted molar refractivity (Wildman–Crippen MR) is 78.0 cm³/mol. The highest BCUT2D eigenvalue weighted by molar-refractivity contribution is 9.10. The van der Waals surface area contributed by atoms with E-state index in [0.717, 1.165) is 4.90 Å². The number of halogens is 2. The van der Waals surface area contributed by atoms with Gasteiger partial charge in [0.1, 0.15) is 11.5 Å². The molecule has 6 nitrogen and oxygen atoms in total. The quantitative estimate of drug-likeness (QED) is 0.916. The maximum atomic E-state index is 14.2. The Morgan fingerprint density at radius 2 is 2.19 bits per heavy atom. The molecule has 0 aliphatic carbocycles. The van der Waals surface area contributed by atoms with Crippen molar-refractivity contribution in [2.45, 2.75) is 19.9 Å². The Kier molecular flexibility index (Phi) is 4.26. The standard InChI is InChI=1S/C13H14BrFN4O2/c1-7(18(3)13(20)21)12-16-8(2)17-19(12)10-6-4-5-9(14)11(10)15/h4-7H,1-3H3,(H,20,21)/t7-/m0/s1. The topological polar surface area (TPSA) is 71.2 Å². The molecule has 1 N–H and O–H groups in total. The van der Waals surface area contributed by atoms with E-state index >= 15 is 0 Å². The second kappa shape index (κ2) is 5.80. The Morgan fingerprint density at radius 3 is 2.81 bits per heavy atom. The Morgan fingerprint density at radius 1 is 1.52 bits per heavy atom. The summed E-state index contributed by atoms with van der Waals surface area (Å²) in [6.07, 6.45) is -1.09. The lowest BCUT2D eigenvalue weighted by Crippen LogP contribution is -2.30. The smallest absolute Gasteiger partial charge is 0.407 e. The van der Waals surface area contributed by atoms with Crippen molar-refractivity contribution in [2.24, 2.45) is 0 Å². The predicted octanol–water partition coefficient (Wildman–Crippen LogP) is 3.15. The molecule has 0 aliphatic heterocycles. The number of carboxylic acid groups (broad SMARTS) is 1. The number of benzene rings is 1. The molecular formula is C13H14BrFN4O2. The van der Waals surface area contributed by atoms with E-state index in [1.165, 1.54) is 11.7 Å². The molecule has 1 aromatic heterocycles. The fraction of sp³-hybridized carbons (Fsp3) is 0.308. The number of nitrogens with zero attached hydrogens (tertiary/aromatic N) is 4. The van der Waals surface area contributed by atoms with Crippen LogP contribution in [0.2, 0.25) is 0 Å². The molecule has 0 saturated heterocycles. The van der Waals surface area contributed by atoms with Crippen molar-refractivity contribution >= 4 is 22.0 Å². The Bertz CT molecular complexity index is 689. The Balaban J connectivity index is 2.56. The van der Waals surface area contributed by atoms with Crippen molar-refractivity contribution in [3.8, 4) is 5.69 Å². The third-order valence-electron chi connectivity index (χ3n) is 3.15. The summed E-state index contributed by atoms with van der Waals surface area (Å²) in [6, 6.07) is 4.25. The van der Waals surface area contributed by atoms with Gasteiger partial charge in [0.15, 0.2) is 11.6 Å². The van der Waals surface area contributed by atoms with Crippen molar-refractivity contribution in [1.29, 1.82) is 0 Å². The SMILES string of the molecule is Cc1nc([C@H](C)N(C)C(=O)O)n(-c2cccc(Br)c2F)n1. The van der Waals surface area contributed by atoms with E-state index in [4.69, 9.17) is 5.11 Å². The van der Waals surface area contributed by atoms with Crippen LogP contribution in [0, 0.1) is 12.7 Å². The van der Waals surface area contributed by atoms with Crippen LogP contribution in [0.4, 0.5) is 9.18 Å². The van der Waals surface area contributed by atoms with Crippen molar-refractivity contribution in [2.75, 3.05) is 7.05 Å². The van der Waals surface area contributed by atoms with E-state index in [1.54, 1.807) is 32.0 Å². The molecule has 1 aromatic carbocycles. The molecule has 0 fully saturated rings. The van der Waals surface area contributed by atoms with Gasteiger partial charge in [0, 0.05) is 7.05 Å². The van der Waals surface area contributed by atoms with Gasteiger partial charge in [-0.2, -0.15) is 5.10 Å². The number of hydrogen-bond donors (Lipinski definition) is 1. The molecule has 21 heavy (non-hydrogen) atoms. The zero-order valence-corrected chi connectivity index (χ0v) is 13.3. The van der Waals surface area contributed by atoms with E-state index in [0.29, 0.717) is 16.1 Å². The summed E-state index contributed by atoms with van der Waals surface area (Å²) < 4.78 is 15.9. The zero-order valence-electron chi connectivity index (χ0n) is 11.7. The Hall–Kier alpha value is -1.96. The fourth-order valence-corrected chi connectivity index (χ4v) is 2.23. The van der Waals surface area contributed by atoms with Crippen LogP contribution >= 0.6 is 15.9 Å². The Labute approximate surface area is 129 Å². The molecule has 0 bridgehead atoms. The van der Waals surface area contributed by atoms with E-state index in [1.807, 2.05) is 0 Å². The summed E-state index contributed by atoms with van der Waals surface area (Å²) in [6.45, 7) is 3.34. The molecule has 0 spiro atoms. The molecule has 8 heteroatoms. The third-order valence-corrected chi connectivity index (χ3v) is 3.77. The van der Waals surface area contributed by atoms with E-state index in [2.05, 4.69) is 26.0 Å². The summed E-state index contributed by atoms with van der Waals surface area (Å²) in [7, 11) is 1.43. The lowest BCUT2D eigenvalue weighted by atomic mass is 10.2. The van der Waals surface area contributed by atoms with Crippen molar-refractivity contribution in [3.05, 3.63) is 40.1 Å². The van der Waals surface area contributed by atoms with Gasteiger partial charge in [-0.25, -0.2) is 18.9 Å². The molecule has 1 atom stereocenters. The van der Waals surface area contributed by atoms with Crippen molar-refractivity contribution < 1.29 is 14.3 Å². The molecule has 112 valence electrons. The first-order chi connectivity index (χ1) is 9.82. The zero-order chi connectivity index (χ0) is 15.7. The van der Waals surface area contributed by atoms with Gasteiger partial charge >= 0.3 is 6.09 Å². The van der Waals surface area contributed by atoms with Crippen LogP contribution < -0.4 is 0 Å². The average molecular weight is 357 g/mol. The van der Waals surface area contributed by atoms with Crippen LogP contribution in [0.15, 0.2) is 22.7 Å². The largest absolute Gasteiger partial charge is 0.465 e. The lowest BCUT2D eigenvalue weighted by molar-refractivity contribution is 0.139. The number of rotatable bonds is 3. The summed E-state index contributed by atoms with van der Waals surface area (Å²) in [5.74, 6) is 0.318. The monoisotopic (exact) mass is 356 g/mol. The minimum absolute atomic E-state index is 0.214. The number of aromatic nitrogens is 3. The number of hydrogen-bond acceptors (Lipinski definition) is 3. The highest BCUT2D eigenvalue weighted by atomic mass is 79.9. The normalized spacial score (nSPS) is 12.2. The highest BCUT2D eigenvalue weighted by Gasteiger charge is 2.24. The molecule has 0 aliphatic rings. The van der Waals surface area contributed by atoms with Gasteiger partial charge in [0.2, 0.25) is 0 Å². The van der Waals surface area contributed by atoms with Gasteiger partial charge in [0.25, 0.3) is 0 Å². The first-order valence-corrected chi connectivity index (χ1v) is 6.96. The maximum Gasteiger partial charge on any atom is 0.407 e. The molecule has 1 heterocycles. The molecular weight excluding hydrogens is 343 g/mol. The second-order valence-corrected chi connectivity index (χ2v) is 5.43. The lowest BCUT2D eigenvalue weighted by Gasteiger charge is -2.21. The first-order valence-electron chi connectivity index (χ1n) is 6.16. The van der Waals surface area contributed by atoms with Gasteiger partial charge in [0.05, 0.1) is 10.5 Å². The van der Waals surface area contributed by atoms with Crippen molar-refractivity contribution in [1.82, 2.24) is 19.7 Å². The van der Waals surface area contributed by atoms with E-state index in [9.17, 15) is 9.18 Å². The van der Waals surface area contributed by atoms with Crippen LogP contribution in [-0.4, -0.2) is 37.9 Å². The van der Waals surface area contributed by atoms with Crippen molar-refractivity contribution in [3.63, 3.8) is 0 Å². The van der Waals surface area contributed by atoms with Gasteiger partial charge in [-0.05, 0) is 41.9 Å². The van der Waals surface area contributed by atoms with Gasteiger partial charge in [-0.3, -0.25) is 0 Å². The van der Waals surface area contributed by atoms with E-state index in [-0.39, 0.29) is 5.69 Å². The highest BCUT2D eigenvalue weighted by Crippen LogP contribution is 2.25. The van der Waals surface area contributed by atoms with Crippen LogP contribution in [-0.2, 0) is 0 Å². The summed E-state index contributed by atoms with van der Waals surface area (Å²) in [4.78, 5) is 16.4. The summed E-state index contributed by atoms with van der Waals surface area (Å²) in [5.41, 5.74) is 0.214. The third kappa shape index (κ3) is 2.90. The molecule has 0 radical (unpaired) electrons. The van der Waals surface area contributed by atoms with Crippen LogP contribution in [0.1, 0.15) is 24.6 Å². The fourth-order valence-electron chi connectivity index (χ4n) is 1.87. The maximum absolute atomic E-state index is 14.2. The van der Waals surface area contributed by atoms with Gasteiger partial charge in [-0.15, -0.1) is 0 Å². The minimum Gasteiger partial charge on any atom is -0.465 e. The average Bonchev–Trinajstić information content (AvgIpc) is 2.81. The van der Waals surface area contributed by atoms with Gasteiger partial charge in [-0.1, -0.05) is 6.07 Å². The molecule has 1 amide bonds. The van der Waals surface area contributed by atoms with Gasteiger partial charge < -0.3 is 10.0 Å². The van der Waals surface area contributed by atoms with Crippen LogP contribution in [0.5, 0.6) is 0 Å². The molecule has 2 rings (SSSR count). The number of amides is 1. The van der Waals surface area contributed by atoms with E-state index < -0.39 is 18.0 Å². The van der Waals surface area contributed by atoms with Crippen LogP contribution in [0.25, 0.3) is 5.69 Å². The van der Waals surface area contributed by atoms with Crippen LogP contribution in [0.3, 0.4) is 0 Å². The second-order valence-electron chi connectivity index (χ2n) is 4.57.